The molecule has 0 bridgehead atoms. The molecule has 0 radical (unpaired) electrons. The van der Waals surface area contributed by atoms with E-state index >= 15 is 0 Å². The number of likely N-dealkylation sites (tertiary alicyclic amines) is 1. The maximum atomic E-state index is 12.5. The maximum absolute atomic E-state index is 12.5. The molecule has 3 rings (SSSR count). The summed E-state index contributed by atoms with van der Waals surface area (Å²) >= 11 is 0. The summed E-state index contributed by atoms with van der Waals surface area (Å²) in [4.78, 5) is 16.8. The molecule has 0 aliphatic carbocycles. The highest BCUT2D eigenvalue weighted by Gasteiger charge is 2.27. The SMILES string of the molecule is CC(C)(C)CN1CCC[C@H](n2cc(C(=O)N3CCOCC3)nn2)C1. The van der Waals surface area contributed by atoms with Crippen LogP contribution in [0.5, 0.6) is 0 Å². The van der Waals surface area contributed by atoms with Crippen molar-refractivity contribution in [2.24, 2.45) is 5.41 Å². The second-order valence-corrected chi connectivity index (χ2v) is 8.08. The highest BCUT2D eigenvalue weighted by atomic mass is 16.5. The number of piperidine rings is 1. The Balaban J connectivity index is 1.63. The zero-order valence-corrected chi connectivity index (χ0v) is 15.1. The second-order valence-electron chi connectivity index (χ2n) is 8.08. The first-order valence-corrected chi connectivity index (χ1v) is 8.93. The summed E-state index contributed by atoms with van der Waals surface area (Å²) in [5.74, 6) is -0.0353. The molecule has 1 aromatic rings. The summed E-state index contributed by atoms with van der Waals surface area (Å²) < 4.78 is 7.19. The van der Waals surface area contributed by atoms with Gasteiger partial charge in [0.25, 0.3) is 5.91 Å². The predicted octanol–water partition coefficient (Wildman–Crippen LogP) is 1.43. The first-order chi connectivity index (χ1) is 11.4. The quantitative estimate of drug-likeness (QED) is 0.836. The third kappa shape index (κ3) is 4.33. The normalized spacial score (nSPS) is 23.5. The first-order valence-electron chi connectivity index (χ1n) is 8.93. The van der Waals surface area contributed by atoms with Crippen LogP contribution in [0.2, 0.25) is 0 Å². The molecule has 1 atom stereocenters. The van der Waals surface area contributed by atoms with Gasteiger partial charge in [-0.05, 0) is 24.8 Å². The summed E-state index contributed by atoms with van der Waals surface area (Å²) in [5, 5.41) is 8.38. The third-order valence-corrected chi connectivity index (χ3v) is 4.58. The van der Waals surface area contributed by atoms with Gasteiger partial charge in [0, 0.05) is 26.2 Å². The molecule has 1 amide bonds. The van der Waals surface area contributed by atoms with Gasteiger partial charge in [0.15, 0.2) is 5.69 Å². The molecule has 7 heteroatoms. The minimum atomic E-state index is -0.0353. The van der Waals surface area contributed by atoms with Crippen molar-refractivity contribution in [1.29, 1.82) is 0 Å². The lowest BCUT2D eigenvalue weighted by atomic mass is 9.94. The molecule has 3 heterocycles. The fraction of sp³-hybridized carbons (Fsp3) is 0.824. The largest absolute Gasteiger partial charge is 0.378 e. The number of morpholine rings is 1. The van der Waals surface area contributed by atoms with Crippen LogP contribution < -0.4 is 0 Å². The smallest absolute Gasteiger partial charge is 0.276 e. The highest BCUT2D eigenvalue weighted by molar-refractivity contribution is 5.92. The van der Waals surface area contributed by atoms with Crippen LogP contribution in [0.15, 0.2) is 6.20 Å². The third-order valence-electron chi connectivity index (χ3n) is 4.58. The first kappa shape index (κ1) is 17.4. The summed E-state index contributed by atoms with van der Waals surface area (Å²) in [6.45, 7) is 12.5. The second kappa shape index (κ2) is 7.19. The number of carbonyl (C=O) groups excluding carboxylic acids is 1. The van der Waals surface area contributed by atoms with Crippen molar-refractivity contribution >= 4 is 5.91 Å². The van der Waals surface area contributed by atoms with Crippen molar-refractivity contribution in [3.63, 3.8) is 0 Å². The van der Waals surface area contributed by atoms with Crippen LogP contribution in [0.3, 0.4) is 0 Å². The molecule has 0 unspecified atom stereocenters. The van der Waals surface area contributed by atoms with Gasteiger partial charge in [-0.2, -0.15) is 0 Å². The van der Waals surface area contributed by atoms with Crippen molar-refractivity contribution in [2.45, 2.75) is 39.7 Å². The lowest BCUT2D eigenvalue weighted by molar-refractivity contribution is 0.0299. The minimum absolute atomic E-state index is 0.0353. The average molecular weight is 335 g/mol. The van der Waals surface area contributed by atoms with Crippen LogP contribution in [0.4, 0.5) is 0 Å². The van der Waals surface area contributed by atoms with E-state index in [0.29, 0.717) is 43.5 Å². The van der Waals surface area contributed by atoms with Crippen molar-refractivity contribution in [3.05, 3.63) is 11.9 Å². The van der Waals surface area contributed by atoms with Crippen molar-refractivity contribution in [3.8, 4) is 0 Å². The van der Waals surface area contributed by atoms with Crippen LogP contribution >= 0.6 is 0 Å². The lowest BCUT2D eigenvalue weighted by Gasteiger charge is -2.36. The number of hydrogen-bond donors (Lipinski definition) is 0. The van der Waals surface area contributed by atoms with Crippen molar-refractivity contribution in [1.82, 2.24) is 24.8 Å². The molecule has 2 aliphatic heterocycles. The van der Waals surface area contributed by atoms with Crippen molar-refractivity contribution in [2.75, 3.05) is 45.9 Å². The Hall–Kier alpha value is -1.47. The van der Waals surface area contributed by atoms with Crippen LogP contribution in [-0.4, -0.2) is 76.6 Å². The highest BCUT2D eigenvalue weighted by Crippen LogP contribution is 2.24. The maximum Gasteiger partial charge on any atom is 0.276 e. The molecular weight excluding hydrogens is 306 g/mol. The lowest BCUT2D eigenvalue weighted by Crippen LogP contribution is -2.41. The van der Waals surface area contributed by atoms with E-state index in [-0.39, 0.29) is 5.91 Å². The number of aromatic nitrogens is 3. The zero-order valence-electron chi connectivity index (χ0n) is 15.1. The van der Waals surface area contributed by atoms with Gasteiger partial charge >= 0.3 is 0 Å². The van der Waals surface area contributed by atoms with E-state index in [2.05, 4.69) is 36.0 Å². The van der Waals surface area contributed by atoms with Gasteiger partial charge < -0.3 is 14.5 Å². The number of hydrogen-bond acceptors (Lipinski definition) is 5. The van der Waals surface area contributed by atoms with E-state index < -0.39 is 0 Å². The molecule has 0 N–H and O–H groups in total. The number of amides is 1. The van der Waals surface area contributed by atoms with E-state index in [9.17, 15) is 4.79 Å². The molecule has 0 aromatic carbocycles. The van der Waals surface area contributed by atoms with Crippen LogP contribution in [0.25, 0.3) is 0 Å². The Bertz CT molecular complexity index is 560. The van der Waals surface area contributed by atoms with Gasteiger partial charge in [0.05, 0.1) is 25.5 Å². The van der Waals surface area contributed by atoms with Crippen LogP contribution in [0, 0.1) is 5.41 Å². The zero-order chi connectivity index (χ0) is 17.2. The predicted molar refractivity (Wildman–Crippen MR) is 90.9 cm³/mol. The fourth-order valence-electron chi connectivity index (χ4n) is 3.54. The van der Waals surface area contributed by atoms with E-state index in [1.807, 2.05) is 10.9 Å². The molecule has 0 saturated carbocycles. The molecule has 2 fully saturated rings. The number of carbonyl (C=O) groups is 1. The summed E-state index contributed by atoms with van der Waals surface area (Å²) in [6.07, 6.45) is 4.07. The van der Waals surface area contributed by atoms with Gasteiger partial charge in [-0.25, -0.2) is 4.68 Å². The summed E-state index contributed by atoms with van der Waals surface area (Å²) in [5.41, 5.74) is 0.742. The molecular formula is C17H29N5O2. The Kier molecular flexibility index (Phi) is 5.20. The molecule has 1 aromatic heterocycles. The summed E-state index contributed by atoms with van der Waals surface area (Å²) in [7, 11) is 0. The standard InChI is InChI=1S/C17H29N5O2/c1-17(2,3)13-20-6-4-5-14(11-20)22-12-15(18-19-22)16(23)21-7-9-24-10-8-21/h12,14H,4-11,13H2,1-3H3/t14-/m0/s1. The summed E-state index contributed by atoms with van der Waals surface area (Å²) in [6, 6.07) is 0.305. The number of rotatable bonds is 3. The van der Waals surface area contributed by atoms with Crippen LogP contribution in [-0.2, 0) is 4.74 Å². The average Bonchev–Trinajstić information content (AvgIpc) is 3.03. The molecule has 7 nitrogen and oxygen atoms in total. The molecule has 134 valence electrons. The number of nitrogens with zero attached hydrogens (tertiary/aromatic N) is 5. The monoisotopic (exact) mass is 335 g/mol. The van der Waals surface area contributed by atoms with Gasteiger partial charge in [-0.1, -0.05) is 26.0 Å². The fourth-order valence-corrected chi connectivity index (χ4v) is 3.54. The molecule has 2 saturated heterocycles. The van der Waals surface area contributed by atoms with Crippen molar-refractivity contribution < 1.29 is 9.53 Å². The number of ether oxygens (including phenoxy) is 1. The van der Waals surface area contributed by atoms with Gasteiger partial charge in [-0.3, -0.25) is 4.79 Å². The van der Waals surface area contributed by atoms with Gasteiger partial charge in [0.2, 0.25) is 0 Å². The van der Waals surface area contributed by atoms with E-state index in [4.69, 9.17) is 4.74 Å². The minimum Gasteiger partial charge on any atom is -0.378 e. The van der Waals surface area contributed by atoms with Crippen LogP contribution in [0.1, 0.15) is 50.1 Å². The van der Waals surface area contributed by atoms with Gasteiger partial charge in [0.1, 0.15) is 0 Å². The molecule has 0 spiro atoms. The Morgan fingerprint density at radius 2 is 2.04 bits per heavy atom. The topological polar surface area (TPSA) is 63.5 Å². The Morgan fingerprint density at radius 3 is 2.75 bits per heavy atom. The molecule has 24 heavy (non-hydrogen) atoms. The van der Waals surface area contributed by atoms with E-state index in [1.165, 1.54) is 0 Å². The van der Waals surface area contributed by atoms with E-state index in [1.54, 1.807) is 4.90 Å². The van der Waals surface area contributed by atoms with E-state index in [0.717, 1.165) is 32.5 Å². The Morgan fingerprint density at radius 1 is 1.29 bits per heavy atom. The Labute approximate surface area is 143 Å². The molecule has 2 aliphatic rings. The van der Waals surface area contributed by atoms with Gasteiger partial charge in [-0.15, -0.1) is 5.10 Å².